The van der Waals surface area contributed by atoms with Crippen LogP contribution in [0.25, 0.3) is 11.0 Å². The first-order valence-electron chi connectivity index (χ1n) is 8.48. The number of nitriles is 1. The topological polar surface area (TPSA) is 94.9 Å². The summed E-state index contributed by atoms with van der Waals surface area (Å²) in [5.74, 6) is 0.286. The van der Waals surface area contributed by atoms with Gasteiger partial charge in [0.2, 0.25) is 0 Å². The van der Waals surface area contributed by atoms with Crippen LogP contribution in [0.2, 0.25) is 0 Å². The van der Waals surface area contributed by atoms with Crippen LogP contribution in [-0.4, -0.2) is 51.1 Å². The highest BCUT2D eigenvalue weighted by molar-refractivity contribution is 5.94. The lowest BCUT2D eigenvalue weighted by Gasteiger charge is -2.15. The van der Waals surface area contributed by atoms with Gasteiger partial charge in [-0.3, -0.25) is 9.78 Å². The molecule has 3 aromatic rings. The van der Waals surface area contributed by atoms with Crippen molar-refractivity contribution < 1.29 is 13.9 Å². The van der Waals surface area contributed by atoms with Gasteiger partial charge < -0.3 is 14.6 Å². The summed E-state index contributed by atoms with van der Waals surface area (Å²) < 4.78 is 20.0. The summed E-state index contributed by atoms with van der Waals surface area (Å²) >= 11 is 0. The van der Waals surface area contributed by atoms with Crippen LogP contribution >= 0.6 is 0 Å². The lowest BCUT2D eigenvalue weighted by molar-refractivity contribution is 0.00887. The first-order chi connectivity index (χ1) is 13.1. The van der Waals surface area contributed by atoms with E-state index in [1.54, 1.807) is 36.5 Å². The maximum Gasteiger partial charge on any atom is 0.255 e. The van der Waals surface area contributed by atoms with E-state index < -0.39 is 12.3 Å². The van der Waals surface area contributed by atoms with E-state index in [2.05, 4.69) is 21.0 Å². The van der Waals surface area contributed by atoms with E-state index in [0.717, 1.165) is 5.52 Å². The molecule has 7 nitrogen and oxygen atoms in total. The summed E-state index contributed by atoms with van der Waals surface area (Å²) in [6.45, 7) is 0.258. The minimum atomic E-state index is -1.26. The number of hydrogen-bond donors (Lipinski definition) is 1. The third kappa shape index (κ3) is 3.50. The Kier molecular flexibility index (Phi) is 4.52. The van der Waals surface area contributed by atoms with Gasteiger partial charge >= 0.3 is 0 Å². The number of nitrogens with zero attached hydrogens (tertiary/aromatic N) is 4. The minimum Gasteiger partial charge on any atom is -0.365 e. The molecule has 1 fully saturated rings. The van der Waals surface area contributed by atoms with Gasteiger partial charge in [0.1, 0.15) is 24.7 Å². The van der Waals surface area contributed by atoms with E-state index >= 15 is 0 Å². The van der Waals surface area contributed by atoms with E-state index in [1.807, 2.05) is 0 Å². The Bertz CT molecular complexity index is 1010. The highest BCUT2D eigenvalue weighted by Crippen LogP contribution is 2.21. The third-order valence-corrected chi connectivity index (χ3v) is 4.49. The first kappa shape index (κ1) is 17.1. The van der Waals surface area contributed by atoms with Gasteiger partial charge in [0.15, 0.2) is 0 Å². The molecule has 27 heavy (non-hydrogen) atoms. The second-order valence-electron chi connectivity index (χ2n) is 6.34. The van der Waals surface area contributed by atoms with Gasteiger partial charge in [-0.05, 0) is 30.3 Å². The fourth-order valence-corrected chi connectivity index (χ4v) is 3.12. The molecule has 2 atom stereocenters. The molecule has 4 rings (SSSR count). The molecule has 136 valence electrons. The molecule has 1 amide bonds. The summed E-state index contributed by atoms with van der Waals surface area (Å²) in [7, 11) is 0. The van der Waals surface area contributed by atoms with Crippen molar-refractivity contribution in [3.05, 3.63) is 59.7 Å². The van der Waals surface area contributed by atoms with E-state index in [4.69, 9.17) is 10.00 Å². The molecule has 1 aliphatic rings. The third-order valence-electron chi connectivity index (χ3n) is 4.49. The fraction of sp³-hybridized carbons (Fsp3) is 0.263. The number of likely N-dealkylation sites (tertiary alicyclic amines) is 1. The van der Waals surface area contributed by atoms with E-state index in [1.165, 1.54) is 11.1 Å². The van der Waals surface area contributed by atoms with Crippen LogP contribution in [0.1, 0.15) is 21.7 Å². The number of imidazole rings is 1. The van der Waals surface area contributed by atoms with Gasteiger partial charge in [-0.1, -0.05) is 0 Å². The normalized spacial score (nSPS) is 19.3. The number of fused-ring (bicyclic) bond motifs is 1. The summed E-state index contributed by atoms with van der Waals surface area (Å²) in [6, 6.07) is 10.5. The predicted molar refractivity (Wildman–Crippen MR) is 94.4 cm³/mol. The lowest BCUT2D eigenvalue weighted by Crippen LogP contribution is -2.30. The Morgan fingerprint density at radius 2 is 2.30 bits per heavy atom. The maximum atomic E-state index is 14.3. The van der Waals surface area contributed by atoms with Crippen molar-refractivity contribution >= 4 is 16.9 Å². The van der Waals surface area contributed by atoms with Gasteiger partial charge in [-0.2, -0.15) is 5.26 Å². The highest BCUT2D eigenvalue weighted by Gasteiger charge is 2.36. The minimum absolute atomic E-state index is 0.00987. The molecule has 2 aromatic heterocycles. The van der Waals surface area contributed by atoms with Crippen molar-refractivity contribution in [2.75, 3.05) is 13.1 Å². The molecule has 0 unspecified atom stereocenters. The summed E-state index contributed by atoms with van der Waals surface area (Å²) in [5, 5.41) is 8.95. The van der Waals surface area contributed by atoms with Crippen molar-refractivity contribution in [3.8, 4) is 6.07 Å². The molecule has 1 aliphatic heterocycles. The van der Waals surface area contributed by atoms with Gasteiger partial charge in [-0.15, -0.1) is 0 Å². The number of halogens is 1. The number of hydrogen-bond acceptors (Lipinski definition) is 5. The number of alkyl halides is 1. The average Bonchev–Trinajstić information content (AvgIpc) is 3.28. The largest absolute Gasteiger partial charge is 0.365 e. The number of pyridine rings is 1. The number of H-pyrrole nitrogens is 1. The first-order valence-corrected chi connectivity index (χ1v) is 8.48. The van der Waals surface area contributed by atoms with E-state index in [0.29, 0.717) is 22.5 Å². The van der Waals surface area contributed by atoms with Crippen molar-refractivity contribution in [3.63, 3.8) is 0 Å². The van der Waals surface area contributed by atoms with Crippen molar-refractivity contribution in [2.45, 2.75) is 18.9 Å². The maximum absolute atomic E-state index is 14.3. The van der Waals surface area contributed by atoms with Gasteiger partial charge in [0.05, 0.1) is 41.3 Å². The van der Waals surface area contributed by atoms with Crippen LogP contribution in [-0.2, 0) is 11.3 Å². The Morgan fingerprint density at radius 1 is 1.41 bits per heavy atom. The smallest absolute Gasteiger partial charge is 0.255 e. The van der Waals surface area contributed by atoms with Crippen molar-refractivity contribution in [2.24, 2.45) is 0 Å². The van der Waals surface area contributed by atoms with Crippen LogP contribution in [0.15, 0.2) is 42.7 Å². The zero-order valence-electron chi connectivity index (χ0n) is 14.3. The number of aromatic nitrogens is 3. The highest BCUT2D eigenvalue weighted by atomic mass is 19.1. The molecule has 0 aliphatic carbocycles. The van der Waals surface area contributed by atoms with Crippen molar-refractivity contribution in [1.82, 2.24) is 19.9 Å². The van der Waals surface area contributed by atoms with Gasteiger partial charge in [0.25, 0.3) is 5.91 Å². The predicted octanol–water partition coefficient (Wildman–Crippen LogP) is 2.21. The second kappa shape index (κ2) is 7.13. The summed E-state index contributed by atoms with van der Waals surface area (Å²) in [5.41, 5.74) is 2.40. The molecule has 0 bridgehead atoms. The number of rotatable bonds is 4. The number of benzene rings is 1. The van der Waals surface area contributed by atoms with Gasteiger partial charge in [0, 0.05) is 12.4 Å². The van der Waals surface area contributed by atoms with E-state index in [-0.39, 0.29) is 25.6 Å². The van der Waals surface area contributed by atoms with Crippen LogP contribution in [0.3, 0.4) is 0 Å². The number of aromatic amines is 1. The zero-order valence-corrected chi connectivity index (χ0v) is 14.3. The molecule has 0 radical (unpaired) electrons. The number of carbonyl (C=O) groups excluding carboxylic acids is 1. The molecule has 8 heteroatoms. The van der Waals surface area contributed by atoms with Crippen LogP contribution in [0.4, 0.5) is 4.39 Å². The summed E-state index contributed by atoms with van der Waals surface area (Å²) in [4.78, 5) is 25.2. The molecule has 1 aromatic carbocycles. The Morgan fingerprint density at radius 3 is 3.07 bits per heavy atom. The van der Waals surface area contributed by atoms with Crippen molar-refractivity contribution in [1.29, 1.82) is 5.26 Å². The number of amides is 1. The van der Waals surface area contributed by atoms with E-state index in [9.17, 15) is 9.18 Å². The molecule has 0 spiro atoms. The summed E-state index contributed by atoms with van der Waals surface area (Å²) in [6.07, 6.45) is 1.07. The SMILES string of the molecule is N#Cc1ccc2nc(CO[C@H]3CN(C(=O)c4cccnc4)C[C@H]3F)[nH]c2c1. The Hall–Kier alpha value is -3.31. The standard InChI is InChI=1S/C19H16FN5O2/c20-14-9-25(19(26)13-2-1-5-22-8-13)10-17(14)27-11-18-23-15-4-3-12(7-21)6-16(15)24-18/h1-6,8,14,17H,9-11H2,(H,23,24)/t14-,17+/m1/s1. The monoisotopic (exact) mass is 365 g/mol. The Labute approximate surface area is 154 Å². The molecular weight excluding hydrogens is 349 g/mol. The van der Waals surface area contributed by atoms with Crippen LogP contribution in [0.5, 0.6) is 0 Å². The number of ether oxygens (including phenoxy) is 1. The lowest BCUT2D eigenvalue weighted by atomic mass is 10.2. The zero-order chi connectivity index (χ0) is 18.8. The Balaban J connectivity index is 1.40. The molecule has 1 N–H and O–H groups in total. The molecule has 3 heterocycles. The molecular formula is C19H16FN5O2. The number of nitrogens with one attached hydrogen (secondary N) is 1. The second-order valence-corrected chi connectivity index (χ2v) is 6.34. The fourth-order valence-electron chi connectivity index (χ4n) is 3.12. The van der Waals surface area contributed by atoms with Gasteiger partial charge in [-0.25, -0.2) is 9.37 Å². The number of carbonyl (C=O) groups is 1. The van der Waals surface area contributed by atoms with Crippen LogP contribution < -0.4 is 0 Å². The van der Waals surface area contributed by atoms with Crippen LogP contribution in [0, 0.1) is 11.3 Å². The molecule has 1 saturated heterocycles. The average molecular weight is 365 g/mol. The quantitative estimate of drug-likeness (QED) is 0.765. The molecule has 0 saturated carbocycles.